The second-order valence-corrected chi connectivity index (χ2v) is 6.58. The molecule has 1 fully saturated rings. The van der Waals surface area contributed by atoms with Crippen molar-refractivity contribution in [2.24, 2.45) is 0 Å². The zero-order chi connectivity index (χ0) is 13.5. The second-order valence-electron chi connectivity index (χ2n) is 4.35. The molecular weight excluding hydrogens is 270 g/mol. The van der Waals surface area contributed by atoms with E-state index < -0.39 is 9.84 Å². The first-order valence-corrected chi connectivity index (χ1v) is 7.48. The highest BCUT2D eigenvalue weighted by atomic mass is 32.2. The summed E-state index contributed by atoms with van der Waals surface area (Å²) in [5.74, 6) is 0.722. The summed E-state index contributed by atoms with van der Waals surface area (Å²) in [6.07, 6.45) is 3.44. The number of sulfone groups is 1. The van der Waals surface area contributed by atoms with Crippen LogP contribution in [0.2, 0.25) is 0 Å². The Labute approximate surface area is 109 Å². The van der Waals surface area contributed by atoms with Crippen molar-refractivity contribution in [3.63, 3.8) is 0 Å². The maximum atomic E-state index is 11.4. The Morgan fingerprint density at radius 1 is 1.32 bits per heavy atom. The lowest BCUT2D eigenvalue weighted by molar-refractivity contribution is 0.417. The number of nitrogens with zero attached hydrogens (tertiary/aromatic N) is 4. The van der Waals surface area contributed by atoms with Crippen LogP contribution < -0.4 is 5.73 Å². The third-order valence-corrected chi connectivity index (χ3v) is 4.74. The third kappa shape index (κ3) is 2.28. The van der Waals surface area contributed by atoms with Gasteiger partial charge >= 0.3 is 0 Å². The summed E-state index contributed by atoms with van der Waals surface area (Å²) in [6, 6.07) is 0. The summed E-state index contributed by atoms with van der Waals surface area (Å²) < 4.78 is 27.9. The van der Waals surface area contributed by atoms with Crippen LogP contribution in [-0.4, -0.2) is 40.0 Å². The van der Waals surface area contributed by atoms with Crippen LogP contribution in [-0.2, 0) is 9.84 Å². The summed E-state index contributed by atoms with van der Waals surface area (Å²) in [7, 11) is -2.98. The minimum absolute atomic E-state index is 0.0575. The fraction of sp³-hybridized carbons (Fsp3) is 0.400. The molecule has 8 nitrogen and oxygen atoms in total. The standard InChI is InChI=1S/C10H11N5O3S/c11-8-7(12-2-3-13-8)10-14-9(15-18-10)6-1-4-19(16,17)5-6/h2-3,6H,1,4-5H2,(H2,11,13). The molecule has 2 aromatic rings. The molecule has 0 spiro atoms. The van der Waals surface area contributed by atoms with E-state index in [1.807, 2.05) is 0 Å². The van der Waals surface area contributed by atoms with Crippen molar-refractivity contribution >= 4 is 15.7 Å². The summed E-state index contributed by atoms with van der Waals surface area (Å²) in [4.78, 5) is 12.1. The van der Waals surface area contributed by atoms with Gasteiger partial charge in [0, 0.05) is 18.3 Å². The Morgan fingerprint density at radius 2 is 2.11 bits per heavy atom. The van der Waals surface area contributed by atoms with E-state index in [2.05, 4.69) is 20.1 Å². The van der Waals surface area contributed by atoms with Crippen molar-refractivity contribution in [2.75, 3.05) is 17.2 Å². The third-order valence-electron chi connectivity index (χ3n) is 2.97. The molecule has 2 aromatic heterocycles. The smallest absolute Gasteiger partial charge is 0.280 e. The van der Waals surface area contributed by atoms with Gasteiger partial charge in [-0.3, -0.25) is 0 Å². The highest BCUT2D eigenvalue weighted by Gasteiger charge is 2.32. The van der Waals surface area contributed by atoms with Gasteiger partial charge in [-0.1, -0.05) is 5.16 Å². The van der Waals surface area contributed by atoms with Crippen LogP contribution >= 0.6 is 0 Å². The van der Waals surface area contributed by atoms with Crippen LogP contribution in [0.4, 0.5) is 5.82 Å². The molecular formula is C10H11N5O3S. The molecule has 1 atom stereocenters. The quantitative estimate of drug-likeness (QED) is 0.816. The van der Waals surface area contributed by atoms with E-state index in [-0.39, 0.29) is 29.1 Å². The molecule has 0 aromatic carbocycles. The largest absolute Gasteiger partial charge is 0.382 e. The molecule has 3 heterocycles. The van der Waals surface area contributed by atoms with Crippen molar-refractivity contribution in [2.45, 2.75) is 12.3 Å². The van der Waals surface area contributed by atoms with Gasteiger partial charge in [0.25, 0.3) is 5.89 Å². The van der Waals surface area contributed by atoms with Crippen molar-refractivity contribution in [1.29, 1.82) is 0 Å². The number of anilines is 1. The number of nitrogen functional groups attached to an aromatic ring is 1. The Kier molecular flexibility index (Phi) is 2.70. The van der Waals surface area contributed by atoms with Crippen LogP contribution in [0, 0.1) is 0 Å². The fourth-order valence-corrected chi connectivity index (χ4v) is 3.75. The molecule has 1 unspecified atom stereocenters. The van der Waals surface area contributed by atoms with E-state index in [0.29, 0.717) is 17.9 Å². The van der Waals surface area contributed by atoms with E-state index in [4.69, 9.17) is 10.3 Å². The average Bonchev–Trinajstić information content (AvgIpc) is 2.96. The average molecular weight is 281 g/mol. The summed E-state index contributed by atoms with van der Waals surface area (Å²) >= 11 is 0. The van der Waals surface area contributed by atoms with Gasteiger partial charge in [0.05, 0.1) is 11.5 Å². The molecule has 9 heteroatoms. The number of hydrogen-bond donors (Lipinski definition) is 1. The molecule has 1 aliphatic heterocycles. The molecule has 0 radical (unpaired) electrons. The molecule has 1 aliphatic rings. The molecule has 3 rings (SSSR count). The fourth-order valence-electron chi connectivity index (χ4n) is 2.01. The minimum atomic E-state index is -2.98. The van der Waals surface area contributed by atoms with Gasteiger partial charge in [-0.05, 0) is 6.42 Å². The lowest BCUT2D eigenvalue weighted by Gasteiger charge is -1.98. The second kappa shape index (κ2) is 4.26. The SMILES string of the molecule is Nc1nccnc1-c1nc(C2CCS(=O)(=O)C2)no1. The first-order valence-electron chi connectivity index (χ1n) is 5.66. The van der Waals surface area contributed by atoms with E-state index in [9.17, 15) is 8.42 Å². The normalized spacial score (nSPS) is 21.6. The van der Waals surface area contributed by atoms with E-state index >= 15 is 0 Å². The van der Waals surface area contributed by atoms with Crippen LogP contribution in [0.5, 0.6) is 0 Å². The first kappa shape index (κ1) is 12.0. The Bertz CT molecular complexity index is 711. The van der Waals surface area contributed by atoms with Gasteiger partial charge in [0.2, 0.25) is 0 Å². The van der Waals surface area contributed by atoms with Crippen molar-refractivity contribution in [3.05, 3.63) is 18.2 Å². The number of rotatable bonds is 2. The molecule has 100 valence electrons. The number of nitrogens with two attached hydrogens (primary N) is 1. The number of aromatic nitrogens is 4. The molecule has 0 amide bonds. The van der Waals surface area contributed by atoms with Gasteiger partial charge in [-0.25, -0.2) is 18.4 Å². The highest BCUT2D eigenvalue weighted by Crippen LogP contribution is 2.28. The van der Waals surface area contributed by atoms with E-state index in [0.717, 1.165) is 0 Å². The lowest BCUT2D eigenvalue weighted by atomic mass is 10.1. The van der Waals surface area contributed by atoms with Crippen LogP contribution in [0.3, 0.4) is 0 Å². The van der Waals surface area contributed by atoms with Gasteiger partial charge in [-0.2, -0.15) is 4.98 Å². The molecule has 0 aliphatic carbocycles. The summed E-state index contributed by atoms with van der Waals surface area (Å²) in [6.45, 7) is 0. The van der Waals surface area contributed by atoms with Gasteiger partial charge in [0.1, 0.15) is 0 Å². The predicted molar refractivity (Wildman–Crippen MR) is 65.7 cm³/mol. The minimum Gasteiger partial charge on any atom is -0.382 e. The molecule has 0 saturated carbocycles. The summed E-state index contributed by atoms with van der Waals surface area (Å²) in [5.41, 5.74) is 5.97. The maximum Gasteiger partial charge on any atom is 0.280 e. The van der Waals surface area contributed by atoms with Gasteiger partial charge in [-0.15, -0.1) is 0 Å². The molecule has 1 saturated heterocycles. The monoisotopic (exact) mass is 281 g/mol. The summed E-state index contributed by atoms with van der Waals surface area (Å²) in [5, 5.41) is 3.81. The van der Waals surface area contributed by atoms with Crippen LogP contribution in [0.15, 0.2) is 16.9 Å². The van der Waals surface area contributed by atoms with Gasteiger partial charge in [0.15, 0.2) is 27.2 Å². The zero-order valence-corrected chi connectivity index (χ0v) is 10.7. The van der Waals surface area contributed by atoms with E-state index in [1.54, 1.807) is 0 Å². The highest BCUT2D eigenvalue weighted by molar-refractivity contribution is 7.91. The van der Waals surface area contributed by atoms with E-state index in [1.165, 1.54) is 12.4 Å². The van der Waals surface area contributed by atoms with Crippen molar-refractivity contribution < 1.29 is 12.9 Å². The van der Waals surface area contributed by atoms with Gasteiger partial charge < -0.3 is 10.3 Å². The van der Waals surface area contributed by atoms with Crippen LogP contribution in [0.1, 0.15) is 18.2 Å². The lowest BCUT2D eigenvalue weighted by Crippen LogP contribution is -2.05. The Balaban J connectivity index is 1.91. The molecule has 2 N–H and O–H groups in total. The van der Waals surface area contributed by atoms with Crippen molar-refractivity contribution in [1.82, 2.24) is 20.1 Å². The Hall–Kier alpha value is -2.03. The maximum absolute atomic E-state index is 11.4. The van der Waals surface area contributed by atoms with Crippen molar-refractivity contribution in [3.8, 4) is 11.6 Å². The predicted octanol–water partition coefficient (Wildman–Crippen LogP) is 0.0109. The first-order chi connectivity index (χ1) is 9.05. The molecule has 19 heavy (non-hydrogen) atoms. The van der Waals surface area contributed by atoms with Crippen LogP contribution in [0.25, 0.3) is 11.6 Å². The molecule has 0 bridgehead atoms. The topological polar surface area (TPSA) is 125 Å². The number of hydrogen-bond acceptors (Lipinski definition) is 8. The zero-order valence-electron chi connectivity index (χ0n) is 9.85. The Morgan fingerprint density at radius 3 is 2.79 bits per heavy atom.